The topological polar surface area (TPSA) is 95.7 Å². The fourth-order valence-electron chi connectivity index (χ4n) is 2.08. The van der Waals surface area contributed by atoms with Crippen molar-refractivity contribution < 1.29 is 24.0 Å². The number of ether oxygens (including phenoxy) is 2. The fourth-order valence-corrected chi connectivity index (χ4v) is 2.08. The van der Waals surface area contributed by atoms with E-state index in [1.807, 2.05) is 0 Å². The van der Waals surface area contributed by atoms with Crippen LogP contribution in [0.1, 0.15) is 45.7 Å². The van der Waals surface area contributed by atoms with Crippen LogP contribution in [0.2, 0.25) is 0 Å². The van der Waals surface area contributed by atoms with Crippen molar-refractivity contribution in [3.63, 3.8) is 0 Å². The summed E-state index contributed by atoms with van der Waals surface area (Å²) in [5.41, 5.74) is 0.0188. The van der Waals surface area contributed by atoms with Crippen LogP contribution in [-0.2, 0) is 27.2 Å². The second kappa shape index (κ2) is 7.21. The van der Waals surface area contributed by atoms with Crippen molar-refractivity contribution in [2.45, 2.75) is 53.1 Å². The summed E-state index contributed by atoms with van der Waals surface area (Å²) in [6.07, 6.45) is 0.309. The minimum Gasteiger partial charge on any atom is -0.460 e. The predicted molar refractivity (Wildman–Crippen MR) is 83.3 cm³/mol. The van der Waals surface area contributed by atoms with Gasteiger partial charge in [-0.2, -0.15) is 0 Å². The molecule has 0 fully saturated rings. The summed E-state index contributed by atoms with van der Waals surface area (Å²) in [5, 5.41) is 11.2. The lowest BCUT2D eigenvalue weighted by Gasteiger charge is -2.19. The number of esters is 2. The predicted octanol–water partition coefficient (Wildman–Crippen LogP) is 2.97. The normalized spacial score (nSPS) is 11.0. The lowest BCUT2D eigenvalue weighted by atomic mass is 10.0. The lowest BCUT2D eigenvalue weighted by Crippen LogP contribution is -2.25. The van der Waals surface area contributed by atoms with E-state index in [2.05, 4.69) is 0 Å². The maximum absolute atomic E-state index is 11.9. The van der Waals surface area contributed by atoms with Crippen molar-refractivity contribution in [2.24, 2.45) is 0 Å². The molecule has 0 aromatic heterocycles. The molecule has 0 bridgehead atoms. The second-order valence-electron chi connectivity index (χ2n) is 6.07. The molecule has 0 N–H and O–H groups in total. The van der Waals surface area contributed by atoms with Gasteiger partial charge >= 0.3 is 17.6 Å². The summed E-state index contributed by atoms with van der Waals surface area (Å²) in [6.45, 7) is 8.17. The molecule has 0 unspecified atom stereocenters. The Morgan fingerprint density at radius 1 is 1.26 bits per heavy atom. The summed E-state index contributed by atoms with van der Waals surface area (Å²) in [7, 11) is 0. The van der Waals surface area contributed by atoms with Crippen molar-refractivity contribution in [1.29, 1.82) is 0 Å². The highest BCUT2D eigenvalue weighted by Crippen LogP contribution is 2.33. The Bertz CT molecular complexity index is 630. The first-order valence-corrected chi connectivity index (χ1v) is 7.24. The molecule has 1 rings (SSSR count). The Morgan fingerprint density at radius 3 is 2.30 bits per heavy atom. The fraction of sp³-hybridized carbons (Fsp3) is 0.500. The van der Waals surface area contributed by atoms with Gasteiger partial charge in [-0.25, -0.2) is 0 Å². The number of nitro groups is 1. The van der Waals surface area contributed by atoms with Crippen LogP contribution in [0, 0.1) is 10.1 Å². The number of carbonyl (C=O) groups is 2. The Hall–Kier alpha value is -2.44. The maximum atomic E-state index is 11.9. The summed E-state index contributed by atoms with van der Waals surface area (Å²) in [4.78, 5) is 33.7. The first-order chi connectivity index (χ1) is 10.5. The van der Waals surface area contributed by atoms with Gasteiger partial charge in [0, 0.05) is 12.5 Å². The molecule has 23 heavy (non-hydrogen) atoms. The van der Waals surface area contributed by atoms with E-state index >= 15 is 0 Å². The van der Waals surface area contributed by atoms with E-state index < -0.39 is 22.5 Å². The summed E-state index contributed by atoms with van der Waals surface area (Å²) in [5.74, 6) is -1.27. The molecule has 0 saturated heterocycles. The molecule has 0 saturated carbocycles. The van der Waals surface area contributed by atoms with Crippen LogP contribution in [0.25, 0.3) is 0 Å². The van der Waals surface area contributed by atoms with Gasteiger partial charge in [-0.3, -0.25) is 19.7 Å². The van der Waals surface area contributed by atoms with Crippen LogP contribution in [0.4, 0.5) is 5.69 Å². The van der Waals surface area contributed by atoms with Gasteiger partial charge in [0.2, 0.25) is 5.75 Å². The van der Waals surface area contributed by atoms with Crippen LogP contribution >= 0.6 is 0 Å². The SMILES string of the molecule is CCc1cc(CC(=O)OC(C)(C)C)cc(OC(C)=O)c1[N+](=O)[O-]. The van der Waals surface area contributed by atoms with E-state index in [0.717, 1.165) is 6.92 Å². The Labute approximate surface area is 134 Å². The summed E-state index contributed by atoms with van der Waals surface area (Å²) in [6, 6.07) is 2.90. The highest BCUT2D eigenvalue weighted by molar-refractivity contribution is 5.75. The average molecular weight is 323 g/mol. The van der Waals surface area contributed by atoms with Gasteiger partial charge in [0.05, 0.1) is 11.3 Å². The third-order valence-corrected chi connectivity index (χ3v) is 2.80. The Morgan fingerprint density at radius 2 is 1.87 bits per heavy atom. The summed E-state index contributed by atoms with van der Waals surface area (Å²) < 4.78 is 10.2. The molecule has 7 heteroatoms. The van der Waals surface area contributed by atoms with Gasteiger partial charge in [-0.05, 0) is 44.9 Å². The first kappa shape index (κ1) is 18.6. The maximum Gasteiger partial charge on any atom is 0.314 e. The highest BCUT2D eigenvalue weighted by atomic mass is 16.6. The van der Waals surface area contributed by atoms with Crippen LogP contribution in [0.3, 0.4) is 0 Å². The molecule has 0 spiro atoms. The number of carbonyl (C=O) groups excluding carboxylic acids is 2. The third-order valence-electron chi connectivity index (χ3n) is 2.80. The molecular formula is C16H21NO6. The monoisotopic (exact) mass is 323 g/mol. The van der Waals surface area contributed by atoms with E-state index in [0.29, 0.717) is 17.5 Å². The highest BCUT2D eigenvalue weighted by Gasteiger charge is 2.24. The molecule has 0 heterocycles. The minimum absolute atomic E-state index is 0.0590. The molecule has 0 aliphatic carbocycles. The Balaban J connectivity index is 3.22. The van der Waals surface area contributed by atoms with Crippen LogP contribution in [0.15, 0.2) is 12.1 Å². The Kier molecular flexibility index (Phi) is 5.84. The van der Waals surface area contributed by atoms with Gasteiger partial charge in [0.25, 0.3) is 0 Å². The number of hydrogen-bond acceptors (Lipinski definition) is 6. The van der Waals surface area contributed by atoms with Gasteiger partial charge in [-0.1, -0.05) is 6.92 Å². The van der Waals surface area contributed by atoms with Crippen LogP contribution in [0.5, 0.6) is 5.75 Å². The molecule has 0 radical (unpaired) electrons. The van der Waals surface area contributed by atoms with E-state index in [1.165, 1.54) is 6.07 Å². The van der Waals surface area contributed by atoms with E-state index in [4.69, 9.17) is 9.47 Å². The quantitative estimate of drug-likeness (QED) is 0.358. The van der Waals surface area contributed by atoms with E-state index in [9.17, 15) is 19.7 Å². The minimum atomic E-state index is -0.662. The zero-order valence-corrected chi connectivity index (χ0v) is 14.0. The molecular weight excluding hydrogens is 302 g/mol. The number of aryl methyl sites for hydroxylation is 1. The van der Waals surface area contributed by atoms with Crippen LogP contribution in [-0.4, -0.2) is 22.5 Å². The van der Waals surface area contributed by atoms with Gasteiger partial charge < -0.3 is 9.47 Å². The number of rotatable bonds is 5. The van der Waals surface area contributed by atoms with Crippen molar-refractivity contribution in [3.8, 4) is 5.75 Å². The largest absolute Gasteiger partial charge is 0.460 e. The molecule has 126 valence electrons. The van der Waals surface area contributed by atoms with Crippen molar-refractivity contribution in [1.82, 2.24) is 0 Å². The average Bonchev–Trinajstić information content (AvgIpc) is 2.34. The molecule has 0 aliphatic heterocycles. The number of hydrogen-bond donors (Lipinski definition) is 0. The van der Waals surface area contributed by atoms with Gasteiger partial charge in [0.15, 0.2) is 0 Å². The zero-order chi connectivity index (χ0) is 17.8. The number of nitrogens with zero attached hydrogens (tertiary/aromatic N) is 1. The summed E-state index contributed by atoms with van der Waals surface area (Å²) >= 11 is 0. The van der Waals surface area contributed by atoms with Crippen molar-refractivity contribution in [2.75, 3.05) is 0 Å². The molecule has 1 aromatic rings. The van der Waals surface area contributed by atoms with E-state index in [-0.39, 0.29) is 17.9 Å². The van der Waals surface area contributed by atoms with Crippen molar-refractivity contribution >= 4 is 17.6 Å². The molecule has 0 amide bonds. The van der Waals surface area contributed by atoms with Crippen LogP contribution < -0.4 is 4.74 Å². The second-order valence-corrected chi connectivity index (χ2v) is 6.07. The molecule has 0 atom stereocenters. The third kappa shape index (κ3) is 5.69. The van der Waals surface area contributed by atoms with Gasteiger partial charge in [-0.15, -0.1) is 0 Å². The smallest absolute Gasteiger partial charge is 0.314 e. The van der Waals surface area contributed by atoms with E-state index in [1.54, 1.807) is 33.8 Å². The molecule has 1 aromatic carbocycles. The number of benzene rings is 1. The zero-order valence-electron chi connectivity index (χ0n) is 14.0. The van der Waals surface area contributed by atoms with Crippen molar-refractivity contribution in [3.05, 3.63) is 33.4 Å². The molecule has 7 nitrogen and oxygen atoms in total. The van der Waals surface area contributed by atoms with Gasteiger partial charge in [0.1, 0.15) is 5.60 Å². The standard InChI is InChI=1S/C16H21NO6/c1-6-12-7-11(9-14(19)23-16(3,4)5)8-13(22-10(2)18)15(12)17(20)21/h7-8H,6,9H2,1-5H3. The molecule has 0 aliphatic rings. The first-order valence-electron chi connectivity index (χ1n) is 7.24. The lowest BCUT2D eigenvalue weighted by molar-refractivity contribution is -0.386. The number of nitro benzene ring substituents is 1.